The molecule has 0 radical (unpaired) electrons. The van der Waals surface area contributed by atoms with Crippen LogP contribution >= 0.6 is 11.3 Å². The molecule has 0 saturated heterocycles. The Morgan fingerprint density at radius 3 is 3.14 bits per heavy atom. The maximum absolute atomic E-state index is 11.9. The lowest BCUT2D eigenvalue weighted by Crippen LogP contribution is -2.28. The smallest absolute Gasteiger partial charge is 0.320 e. The Bertz CT molecular complexity index is 707. The van der Waals surface area contributed by atoms with Crippen molar-refractivity contribution in [2.45, 2.75) is 20.0 Å². The SMILES string of the molecule is C=CCNC(=O)Nc1sc2c(c1-c1nc(C)no1)CCOC2. The second-order valence-corrected chi connectivity index (χ2v) is 5.89. The molecule has 0 atom stereocenters. The summed E-state index contributed by atoms with van der Waals surface area (Å²) in [4.78, 5) is 17.3. The molecule has 3 rings (SSSR count). The van der Waals surface area contributed by atoms with E-state index < -0.39 is 0 Å². The van der Waals surface area contributed by atoms with Gasteiger partial charge in [-0.2, -0.15) is 4.98 Å². The largest absolute Gasteiger partial charge is 0.376 e. The van der Waals surface area contributed by atoms with Gasteiger partial charge in [0.15, 0.2) is 5.82 Å². The zero-order valence-corrected chi connectivity index (χ0v) is 13.0. The summed E-state index contributed by atoms with van der Waals surface area (Å²) in [6.07, 6.45) is 2.38. The fourth-order valence-corrected chi connectivity index (χ4v) is 3.43. The van der Waals surface area contributed by atoms with Crippen LogP contribution in [0.4, 0.5) is 9.80 Å². The van der Waals surface area contributed by atoms with E-state index in [4.69, 9.17) is 9.26 Å². The number of ether oxygens (including phenoxy) is 1. The summed E-state index contributed by atoms with van der Waals surface area (Å²) in [5, 5.41) is 10.1. The number of amides is 2. The minimum absolute atomic E-state index is 0.295. The van der Waals surface area contributed by atoms with Crippen LogP contribution < -0.4 is 10.6 Å². The average Bonchev–Trinajstić information content (AvgIpc) is 3.08. The number of thiophene rings is 1. The topological polar surface area (TPSA) is 89.3 Å². The summed E-state index contributed by atoms with van der Waals surface area (Å²) in [5.41, 5.74) is 1.91. The van der Waals surface area contributed by atoms with Gasteiger partial charge in [0.25, 0.3) is 5.89 Å². The van der Waals surface area contributed by atoms with Crippen molar-refractivity contribution in [1.29, 1.82) is 0 Å². The van der Waals surface area contributed by atoms with E-state index in [9.17, 15) is 4.79 Å². The lowest BCUT2D eigenvalue weighted by atomic mass is 10.1. The molecule has 22 heavy (non-hydrogen) atoms. The summed E-state index contributed by atoms with van der Waals surface area (Å²) in [6, 6.07) is -0.295. The van der Waals surface area contributed by atoms with Gasteiger partial charge in [-0.05, 0) is 18.9 Å². The van der Waals surface area contributed by atoms with Crippen LogP contribution in [0.5, 0.6) is 0 Å². The Hall–Kier alpha value is -2.19. The zero-order valence-electron chi connectivity index (χ0n) is 12.1. The molecule has 2 N–H and O–H groups in total. The number of nitrogens with one attached hydrogen (secondary N) is 2. The number of carbonyl (C=O) groups is 1. The highest BCUT2D eigenvalue weighted by atomic mass is 32.1. The highest BCUT2D eigenvalue weighted by Crippen LogP contribution is 2.42. The van der Waals surface area contributed by atoms with Crippen molar-refractivity contribution in [3.05, 3.63) is 28.9 Å². The number of aryl methyl sites for hydroxylation is 1. The third kappa shape index (κ3) is 2.88. The molecule has 0 unspecified atom stereocenters. The molecule has 7 nitrogen and oxygen atoms in total. The molecule has 0 aliphatic carbocycles. The molecule has 2 amide bonds. The molecule has 0 saturated carbocycles. The quantitative estimate of drug-likeness (QED) is 0.845. The van der Waals surface area contributed by atoms with E-state index in [2.05, 4.69) is 27.4 Å². The van der Waals surface area contributed by atoms with Crippen LogP contribution in [0.3, 0.4) is 0 Å². The van der Waals surface area contributed by atoms with Crippen molar-refractivity contribution < 1.29 is 14.1 Å². The summed E-state index contributed by atoms with van der Waals surface area (Å²) in [6.45, 7) is 6.91. The summed E-state index contributed by atoms with van der Waals surface area (Å²) in [5.74, 6) is 0.986. The highest BCUT2D eigenvalue weighted by molar-refractivity contribution is 7.17. The van der Waals surface area contributed by atoms with Gasteiger partial charge in [-0.15, -0.1) is 17.9 Å². The Morgan fingerprint density at radius 1 is 1.55 bits per heavy atom. The van der Waals surface area contributed by atoms with Gasteiger partial charge in [0.05, 0.1) is 18.8 Å². The van der Waals surface area contributed by atoms with Crippen LogP contribution in [0.15, 0.2) is 17.2 Å². The molecule has 116 valence electrons. The number of nitrogens with zero attached hydrogens (tertiary/aromatic N) is 2. The van der Waals surface area contributed by atoms with Gasteiger partial charge in [-0.25, -0.2) is 4.79 Å². The first-order chi connectivity index (χ1) is 10.7. The number of carbonyl (C=O) groups excluding carboxylic acids is 1. The van der Waals surface area contributed by atoms with Gasteiger partial charge in [-0.1, -0.05) is 11.2 Å². The maximum Gasteiger partial charge on any atom is 0.320 e. The molecule has 8 heteroatoms. The first kappa shape index (κ1) is 14.7. The Morgan fingerprint density at radius 2 is 2.41 bits per heavy atom. The zero-order chi connectivity index (χ0) is 15.5. The Kier molecular flexibility index (Phi) is 4.21. The highest BCUT2D eigenvalue weighted by Gasteiger charge is 2.26. The van der Waals surface area contributed by atoms with E-state index in [1.165, 1.54) is 11.3 Å². The lowest BCUT2D eigenvalue weighted by molar-refractivity contribution is 0.113. The van der Waals surface area contributed by atoms with Gasteiger partial charge in [0.2, 0.25) is 0 Å². The van der Waals surface area contributed by atoms with E-state index in [1.54, 1.807) is 13.0 Å². The lowest BCUT2D eigenvalue weighted by Gasteiger charge is -2.12. The van der Waals surface area contributed by atoms with Crippen molar-refractivity contribution in [3.8, 4) is 11.5 Å². The van der Waals surface area contributed by atoms with Crippen LogP contribution in [0, 0.1) is 6.92 Å². The fraction of sp³-hybridized carbons (Fsp3) is 0.357. The fourth-order valence-electron chi connectivity index (χ4n) is 2.26. The molecular weight excluding hydrogens is 304 g/mol. The molecule has 1 aliphatic heterocycles. The Labute approximate surface area is 131 Å². The average molecular weight is 320 g/mol. The number of hydrogen-bond donors (Lipinski definition) is 2. The first-order valence-corrected chi connectivity index (χ1v) is 7.69. The van der Waals surface area contributed by atoms with E-state index >= 15 is 0 Å². The third-order valence-corrected chi connectivity index (χ3v) is 4.32. The molecule has 0 aromatic carbocycles. The van der Waals surface area contributed by atoms with Crippen molar-refractivity contribution in [2.75, 3.05) is 18.5 Å². The second kappa shape index (κ2) is 6.29. The molecule has 2 aromatic rings. The molecule has 0 bridgehead atoms. The van der Waals surface area contributed by atoms with E-state index in [0.29, 0.717) is 36.5 Å². The molecular formula is C14H16N4O3S. The summed E-state index contributed by atoms with van der Waals surface area (Å²) in [7, 11) is 0. The van der Waals surface area contributed by atoms with Gasteiger partial charge in [-0.3, -0.25) is 5.32 Å². The summed E-state index contributed by atoms with van der Waals surface area (Å²) < 4.78 is 10.8. The molecule has 1 aliphatic rings. The van der Waals surface area contributed by atoms with Gasteiger partial charge in [0, 0.05) is 11.4 Å². The van der Waals surface area contributed by atoms with Crippen molar-refractivity contribution in [2.24, 2.45) is 0 Å². The van der Waals surface area contributed by atoms with E-state index in [0.717, 1.165) is 22.4 Å². The molecule has 3 heterocycles. The standard InChI is InChI=1S/C14H16N4O3S/c1-3-5-15-14(19)17-13-11(12-16-8(2)18-21-12)9-4-6-20-7-10(9)22-13/h3H,1,4-7H2,2H3,(H2,15,17,19). The predicted molar refractivity (Wildman–Crippen MR) is 82.9 cm³/mol. The number of urea groups is 1. The minimum Gasteiger partial charge on any atom is -0.376 e. The van der Waals surface area contributed by atoms with Crippen molar-refractivity contribution in [3.63, 3.8) is 0 Å². The number of hydrogen-bond acceptors (Lipinski definition) is 6. The number of fused-ring (bicyclic) bond motifs is 1. The minimum atomic E-state index is -0.295. The van der Waals surface area contributed by atoms with Crippen LogP contribution in [0.2, 0.25) is 0 Å². The second-order valence-electron chi connectivity index (χ2n) is 4.78. The molecule has 0 fully saturated rings. The third-order valence-electron chi connectivity index (χ3n) is 3.20. The summed E-state index contributed by atoms with van der Waals surface area (Å²) >= 11 is 1.48. The monoisotopic (exact) mass is 320 g/mol. The van der Waals surface area contributed by atoms with E-state index in [1.807, 2.05) is 0 Å². The van der Waals surface area contributed by atoms with Crippen molar-refractivity contribution in [1.82, 2.24) is 15.5 Å². The normalized spacial score (nSPS) is 13.5. The molecule has 0 spiro atoms. The van der Waals surface area contributed by atoms with Crippen LogP contribution in [0.1, 0.15) is 16.3 Å². The number of rotatable bonds is 4. The number of anilines is 1. The van der Waals surface area contributed by atoms with Gasteiger partial charge >= 0.3 is 6.03 Å². The van der Waals surface area contributed by atoms with Crippen molar-refractivity contribution >= 4 is 22.4 Å². The Balaban J connectivity index is 1.96. The van der Waals surface area contributed by atoms with Crippen LogP contribution in [0.25, 0.3) is 11.5 Å². The predicted octanol–water partition coefficient (Wildman–Crippen LogP) is 2.49. The molecule has 2 aromatic heterocycles. The van der Waals surface area contributed by atoms with Crippen LogP contribution in [-0.2, 0) is 17.8 Å². The van der Waals surface area contributed by atoms with Crippen LogP contribution in [-0.4, -0.2) is 29.3 Å². The maximum atomic E-state index is 11.9. The van der Waals surface area contributed by atoms with Gasteiger partial charge in [0.1, 0.15) is 5.00 Å². The first-order valence-electron chi connectivity index (χ1n) is 6.87. The van der Waals surface area contributed by atoms with Gasteiger partial charge < -0.3 is 14.6 Å². The number of aromatic nitrogens is 2. The van der Waals surface area contributed by atoms with E-state index in [-0.39, 0.29) is 6.03 Å².